The zero-order chi connectivity index (χ0) is 8.74. The first-order valence-electron chi connectivity index (χ1n) is 3.66. The number of unbranched alkanes of at least 4 members (excludes halogenated alkanes) is 1. The van der Waals surface area contributed by atoms with E-state index < -0.39 is 5.79 Å². The maximum atomic E-state index is 8.28. The van der Waals surface area contributed by atoms with Crippen molar-refractivity contribution in [3.63, 3.8) is 0 Å². The lowest BCUT2D eigenvalue weighted by Crippen LogP contribution is -2.29. The van der Waals surface area contributed by atoms with Gasteiger partial charge in [-0.25, -0.2) is 0 Å². The second kappa shape index (κ2) is 5.11. The summed E-state index contributed by atoms with van der Waals surface area (Å²) in [5.74, 6) is -0.517. The van der Waals surface area contributed by atoms with Gasteiger partial charge in [0.1, 0.15) is 0 Å². The Balaban J connectivity index is 3.62. The highest BCUT2D eigenvalue weighted by Crippen LogP contribution is 2.17. The van der Waals surface area contributed by atoms with Crippen molar-refractivity contribution in [1.82, 2.24) is 0 Å². The van der Waals surface area contributed by atoms with Gasteiger partial charge < -0.3 is 9.47 Å². The molecule has 0 bridgehead atoms. The lowest BCUT2D eigenvalue weighted by molar-refractivity contribution is -0.197. The minimum Gasteiger partial charge on any atom is -0.353 e. The van der Waals surface area contributed by atoms with Gasteiger partial charge in [-0.1, -0.05) is 0 Å². The number of ether oxygens (including phenoxy) is 2. The lowest BCUT2D eigenvalue weighted by Gasteiger charge is -2.25. The number of hydrogen-bond donors (Lipinski definition) is 0. The van der Waals surface area contributed by atoms with Gasteiger partial charge in [-0.2, -0.15) is 5.26 Å². The number of nitriles is 1. The van der Waals surface area contributed by atoms with Gasteiger partial charge in [-0.3, -0.25) is 0 Å². The Morgan fingerprint density at radius 2 is 1.91 bits per heavy atom. The van der Waals surface area contributed by atoms with Crippen LogP contribution in [0.2, 0.25) is 0 Å². The van der Waals surface area contributed by atoms with E-state index in [1.807, 2.05) is 6.92 Å². The summed E-state index contributed by atoms with van der Waals surface area (Å²) in [6.07, 6.45) is 2.13. The summed E-state index contributed by atoms with van der Waals surface area (Å²) in [4.78, 5) is 0. The molecule has 11 heavy (non-hydrogen) atoms. The van der Waals surface area contributed by atoms with Crippen LogP contribution in [-0.4, -0.2) is 20.0 Å². The fourth-order valence-corrected chi connectivity index (χ4v) is 0.776. The van der Waals surface area contributed by atoms with Gasteiger partial charge in [-0.15, -0.1) is 0 Å². The van der Waals surface area contributed by atoms with Crippen molar-refractivity contribution in [3.05, 3.63) is 0 Å². The molecule has 0 amide bonds. The second-order valence-corrected chi connectivity index (χ2v) is 2.55. The van der Waals surface area contributed by atoms with Gasteiger partial charge in [0.15, 0.2) is 5.79 Å². The quantitative estimate of drug-likeness (QED) is 0.450. The van der Waals surface area contributed by atoms with E-state index >= 15 is 0 Å². The Hall–Kier alpha value is -0.590. The van der Waals surface area contributed by atoms with Crippen molar-refractivity contribution in [2.75, 3.05) is 14.2 Å². The molecule has 0 aliphatic carbocycles. The fourth-order valence-electron chi connectivity index (χ4n) is 0.776. The highest BCUT2D eigenvalue weighted by Gasteiger charge is 2.21. The smallest absolute Gasteiger partial charge is 0.164 e. The summed E-state index contributed by atoms with van der Waals surface area (Å²) in [6, 6.07) is 2.08. The van der Waals surface area contributed by atoms with Gasteiger partial charge >= 0.3 is 0 Å². The summed E-state index contributed by atoms with van der Waals surface area (Å²) in [6.45, 7) is 1.87. The van der Waals surface area contributed by atoms with Gasteiger partial charge in [-0.05, 0) is 13.3 Å². The van der Waals surface area contributed by atoms with Gasteiger partial charge in [0, 0.05) is 27.1 Å². The zero-order valence-corrected chi connectivity index (χ0v) is 7.39. The first-order valence-corrected chi connectivity index (χ1v) is 3.66. The van der Waals surface area contributed by atoms with Crippen LogP contribution in [0.4, 0.5) is 0 Å². The van der Waals surface area contributed by atoms with Gasteiger partial charge in [0.05, 0.1) is 6.07 Å². The van der Waals surface area contributed by atoms with Crippen LogP contribution in [0.15, 0.2) is 0 Å². The van der Waals surface area contributed by atoms with Crippen LogP contribution in [0, 0.1) is 11.3 Å². The third-order valence-corrected chi connectivity index (χ3v) is 1.78. The maximum absolute atomic E-state index is 8.28. The minimum atomic E-state index is -0.517. The largest absolute Gasteiger partial charge is 0.353 e. The molecular formula is C8H15NO2. The molecule has 0 heterocycles. The normalized spacial score (nSPS) is 11.1. The standard InChI is InChI=1S/C8H15NO2/c1-8(10-2,11-3)6-4-5-7-9/h4-6H2,1-3H3. The molecule has 0 radical (unpaired) electrons. The van der Waals surface area contributed by atoms with E-state index in [4.69, 9.17) is 14.7 Å². The molecule has 0 aliphatic heterocycles. The van der Waals surface area contributed by atoms with Gasteiger partial charge in [0.25, 0.3) is 0 Å². The topological polar surface area (TPSA) is 42.2 Å². The van der Waals surface area contributed by atoms with Crippen molar-refractivity contribution in [2.24, 2.45) is 0 Å². The summed E-state index contributed by atoms with van der Waals surface area (Å²) >= 11 is 0. The molecule has 3 heteroatoms. The summed E-state index contributed by atoms with van der Waals surface area (Å²) in [5.41, 5.74) is 0. The Bertz CT molecular complexity index is 136. The van der Waals surface area contributed by atoms with E-state index in [0.717, 1.165) is 12.8 Å². The molecule has 0 aromatic carbocycles. The van der Waals surface area contributed by atoms with Crippen molar-refractivity contribution in [3.8, 4) is 6.07 Å². The van der Waals surface area contributed by atoms with E-state index in [1.165, 1.54) is 0 Å². The lowest BCUT2D eigenvalue weighted by atomic mass is 10.1. The third-order valence-electron chi connectivity index (χ3n) is 1.78. The fraction of sp³-hybridized carbons (Fsp3) is 0.875. The van der Waals surface area contributed by atoms with E-state index in [2.05, 4.69) is 6.07 Å². The Morgan fingerprint density at radius 1 is 1.36 bits per heavy atom. The molecule has 0 spiro atoms. The molecule has 0 unspecified atom stereocenters. The first-order chi connectivity index (χ1) is 5.18. The summed E-state index contributed by atoms with van der Waals surface area (Å²) < 4.78 is 10.2. The Kier molecular flexibility index (Phi) is 4.84. The average Bonchev–Trinajstić information content (AvgIpc) is 2.05. The third kappa shape index (κ3) is 3.97. The predicted molar refractivity (Wildman–Crippen MR) is 41.9 cm³/mol. The minimum absolute atomic E-state index is 0.517. The summed E-state index contributed by atoms with van der Waals surface area (Å²) in [7, 11) is 3.21. The highest BCUT2D eigenvalue weighted by atomic mass is 16.7. The Morgan fingerprint density at radius 3 is 2.27 bits per heavy atom. The SMILES string of the molecule is COC(C)(CCCC#N)OC. The molecule has 0 atom stereocenters. The van der Waals surface area contributed by atoms with Crippen molar-refractivity contribution in [2.45, 2.75) is 32.0 Å². The maximum Gasteiger partial charge on any atom is 0.164 e. The molecule has 0 aliphatic rings. The molecule has 0 saturated heterocycles. The van der Waals surface area contributed by atoms with E-state index in [9.17, 15) is 0 Å². The monoisotopic (exact) mass is 157 g/mol. The number of hydrogen-bond acceptors (Lipinski definition) is 3. The van der Waals surface area contributed by atoms with E-state index in [-0.39, 0.29) is 0 Å². The molecule has 0 rings (SSSR count). The molecule has 0 aromatic heterocycles. The van der Waals surface area contributed by atoms with Crippen LogP contribution >= 0.6 is 0 Å². The zero-order valence-electron chi connectivity index (χ0n) is 7.39. The van der Waals surface area contributed by atoms with Crippen molar-refractivity contribution in [1.29, 1.82) is 5.26 Å². The predicted octanol–water partition coefficient (Wildman–Crippen LogP) is 1.69. The van der Waals surface area contributed by atoms with Crippen molar-refractivity contribution < 1.29 is 9.47 Å². The van der Waals surface area contributed by atoms with Gasteiger partial charge in [0.2, 0.25) is 0 Å². The second-order valence-electron chi connectivity index (χ2n) is 2.55. The molecule has 0 aromatic rings. The number of methoxy groups -OCH3 is 2. The Labute approximate surface area is 67.9 Å². The molecule has 0 fully saturated rings. The summed E-state index contributed by atoms with van der Waals surface area (Å²) in [5, 5.41) is 8.28. The number of nitrogens with zero attached hydrogens (tertiary/aromatic N) is 1. The van der Waals surface area contributed by atoms with E-state index in [0.29, 0.717) is 6.42 Å². The van der Waals surface area contributed by atoms with Crippen LogP contribution in [-0.2, 0) is 9.47 Å². The van der Waals surface area contributed by atoms with Crippen LogP contribution in [0.5, 0.6) is 0 Å². The highest BCUT2D eigenvalue weighted by molar-refractivity contribution is 4.71. The molecule has 64 valence electrons. The van der Waals surface area contributed by atoms with E-state index in [1.54, 1.807) is 14.2 Å². The number of rotatable bonds is 5. The van der Waals surface area contributed by atoms with Crippen LogP contribution in [0.1, 0.15) is 26.2 Å². The molecular weight excluding hydrogens is 142 g/mol. The first kappa shape index (κ1) is 10.4. The van der Waals surface area contributed by atoms with Crippen LogP contribution in [0.3, 0.4) is 0 Å². The molecule has 0 saturated carbocycles. The van der Waals surface area contributed by atoms with Crippen LogP contribution < -0.4 is 0 Å². The van der Waals surface area contributed by atoms with Crippen molar-refractivity contribution >= 4 is 0 Å². The molecule has 3 nitrogen and oxygen atoms in total. The average molecular weight is 157 g/mol. The van der Waals surface area contributed by atoms with Crippen LogP contribution in [0.25, 0.3) is 0 Å². The molecule has 0 N–H and O–H groups in total.